The first-order chi connectivity index (χ1) is 10.8. The van der Waals surface area contributed by atoms with Crippen molar-refractivity contribution >= 4 is 16.7 Å². The Balaban J connectivity index is 1.90. The second-order valence-electron chi connectivity index (χ2n) is 5.66. The minimum atomic E-state index is 0.124. The van der Waals surface area contributed by atoms with Crippen molar-refractivity contribution in [2.45, 2.75) is 12.5 Å². The number of fused-ring (bicyclic) bond motifs is 1. The zero-order valence-corrected chi connectivity index (χ0v) is 12.9. The van der Waals surface area contributed by atoms with Crippen LogP contribution in [-0.4, -0.2) is 50.2 Å². The van der Waals surface area contributed by atoms with Gasteiger partial charge < -0.3 is 15.0 Å². The summed E-state index contributed by atoms with van der Waals surface area (Å²) in [6, 6.07) is 14.2. The number of amides is 1. The molecule has 0 aromatic heterocycles. The predicted octanol–water partition coefficient (Wildman–Crippen LogP) is 2.29. The van der Waals surface area contributed by atoms with E-state index in [0.29, 0.717) is 6.61 Å². The molecule has 2 aromatic carbocycles. The Kier molecular flexibility index (Phi) is 4.71. The molecule has 1 aliphatic heterocycles. The number of piperazine rings is 1. The van der Waals surface area contributed by atoms with Gasteiger partial charge in [-0.15, -0.1) is 0 Å². The smallest absolute Gasteiger partial charge is 0.254 e. The molecule has 0 bridgehead atoms. The van der Waals surface area contributed by atoms with Gasteiger partial charge in [-0.3, -0.25) is 4.79 Å². The van der Waals surface area contributed by atoms with Crippen LogP contribution in [0.4, 0.5) is 0 Å². The number of hydrogen-bond acceptors (Lipinski definition) is 3. The average molecular weight is 298 g/mol. The largest absolute Gasteiger partial charge is 0.385 e. The monoisotopic (exact) mass is 298 g/mol. The van der Waals surface area contributed by atoms with Gasteiger partial charge in [0.25, 0.3) is 5.91 Å². The molecule has 0 spiro atoms. The first kappa shape index (κ1) is 15.0. The molecule has 1 heterocycles. The fourth-order valence-corrected chi connectivity index (χ4v) is 3.11. The summed E-state index contributed by atoms with van der Waals surface area (Å²) in [7, 11) is 1.70. The van der Waals surface area contributed by atoms with Crippen LogP contribution in [-0.2, 0) is 4.74 Å². The molecule has 0 aliphatic carbocycles. The van der Waals surface area contributed by atoms with Crippen molar-refractivity contribution in [3.8, 4) is 0 Å². The maximum Gasteiger partial charge on any atom is 0.254 e. The molecule has 1 unspecified atom stereocenters. The number of benzene rings is 2. The minimum absolute atomic E-state index is 0.124. The molecule has 0 radical (unpaired) electrons. The molecular weight excluding hydrogens is 276 g/mol. The van der Waals surface area contributed by atoms with Crippen molar-refractivity contribution in [3.63, 3.8) is 0 Å². The van der Waals surface area contributed by atoms with Crippen LogP contribution in [0.1, 0.15) is 16.8 Å². The Morgan fingerprint density at radius 2 is 2.09 bits per heavy atom. The molecule has 1 saturated heterocycles. The third-order valence-corrected chi connectivity index (χ3v) is 4.29. The van der Waals surface area contributed by atoms with Crippen molar-refractivity contribution in [2.75, 3.05) is 33.4 Å². The summed E-state index contributed by atoms with van der Waals surface area (Å²) in [6.07, 6.45) is 0.861. The molecule has 1 aliphatic rings. The fourth-order valence-electron chi connectivity index (χ4n) is 3.11. The van der Waals surface area contributed by atoms with E-state index in [4.69, 9.17) is 4.74 Å². The van der Waals surface area contributed by atoms with Crippen LogP contribution in [0.2, 0.25) is 0 Å². The second kappa shape index (κ2) is 6.90. The second-order valence-corrected chi connectivity index (χ2v) is 5.66. The van der Waals surface area contributed by atoms with E-state index in [1.165, 1.54) is 0 Å². The fraction of sp³-hybridized carbons (Fsp3) is 0.389. The number of nitrogens with zero attached hydrogens (tertiary/aromatic N) is 1. The van der Waals surface area contributed by atoms with E-state index in [0.717, 1.165) is 42.4 Å². The lowest BCUT2D eigenvalue weighted by atomic mass is 10.0. The summed E-state index contributed by atoms with van der Waals surface area (Å²) in [5.41, 5.74) is 0.794. The maximum absolute atomic E-state index is 13.0. The van der Waals surface area contributed by atoms with Crippen molar-refractivity contribution in [3.05, 3.63) is 48.0 Å². The van der Waals surface area contributed by atoms with Gasteiger partial charge in [0.15, 0.2) is 0 Å². The summed E-state index contributed by atoms with van der Waals surface area (Å²) in [5, 5.41) is 5.50. The lowest BCUT2D eigenvalue weighted by Crippen LogP contribution is -2.54. The highest BCUT2D eigenvalue weighted by molar-refractivity contribution is 6.07. The number of carbonyl (C=O) groups excluding carboxylic acids is 1. The summed E-state index contributed by atoms with van der Waals surface area (Å²) in [6.45, 7) is 3.10. The van der Waals surface area contributed by atoms with Crippen LogP contribution in [0.3, 0.4) is 0 Å². The Morgan fingerprint density at radius 1 is 1.27 bits per heavy atom. The van der Waals surface area contributed by atoms with Gasteiger partial charge in [-0.25, -0.2) is 0 Å². The molecule has 1 atom stereocenters. The van der Waals surface area contributed by atoms with Gasteiger partial charge in [0.1, 0.15) is 0 Å². The molecule has 3 rings (SSSR count). The first-order valence-electron chi connectivity index (χ1n) is 7.79. The van der Waals surface area contributed by atoms with Gasteiger partial charge in [0.05, 0.1) is 0 Å². The van der Waals surface area contributed by atoms with Gasteiger partial charge in [0, 0.05) is 45.0 Å². The lowest BCUT2D eigenvalue weighted by molar-refractivity contribution is 0.0583. The van der Waals surface area contributed by atoms with E-state index in [1.54, 1.807) is 7.11 Å². The van der Waals surface area contributed by atoms with Crippen molar-refractivity contribution in [1.82, 2.24) is 10.2 Å². The van der Waals surface area contributed by atoms with Gasteiger partial charge in [-0.2, -0.15) is 0 Å². The van der Waals surface area contributed by atoms with Crippen LogP contribution < -0.4 is 5.32 Å². The molecule has 2 aromatic rings. The third kappa shape index (κ3) is 2.98. The third-order valence-electron chi connectivity index (χ3n) is 4.29. The molecule has 22 heavy (non-hydrogen) atoms. The molecule has 1 fully saturated rings. The van der Waals surface area contributed by atoms with Crippen molar-refractivity contribution in [2.24, 2.45) is 0 Å². The topological polar surface area (TPSA) is 41.6 Å². The molecule has 116 valence electrons. The maximum atomic E-state index is 13.0. The van der Waals surface area contributed by atoms with E-state index >= 15 is 0 Å². The van der Waals surface area contributed by atoms with Gasteiger partial charge in [0.2, 0.25) is 0 Å². The van der Waals surface area contributed by atoms with Crippen molar-refractivity contribution < 1.29 is 9.53 Å². The average Bonchev–Trinajstić information content (AvgIpc) is 2.59. The molecule has 1 amide bonds. The summed E-state index contributed by atoms with van der Waals surface area (Å²) in [5.74, 6) is 0.124. The number of methoxy groups -OCH3 is 1. The van der Waals surface area contributed by atoms with Crippen molar-refractivity contribution in [1.29, 1.82) is 0 Å². The predicted molar refractivity (Wildman–Crippen MR) is 88.1 cm³/mol. The number of rotatable bonds is 4. The Morgan fingerprint density at radius 3 is 2.95 bits per heavy atom. The normalized spacial score (nSPS) is 18.6. The SMILES string of the molecule is COCCC1CNCCN1C(=O)c1cccc2ccccc12. The Hall–Kier alpha value is -1.91. The van der Waals surface area contributed by atoms with Crippen LogP contribution in [0.5, 0.6) is 0 Å². The molecular formula is C18H22N2O2. The highest BCUT2D eigenvalue weighted by Crippen LogP contribution is 2.22. The summed E-state index contributed by atoms with van der Waals surface area (Å²) >= 11 is 0. The zero-order chi connectivity index (χ0) is 15.4. The number of carbonyl (C=O) groups is 1. The first-order valence-corrected chi connectivity index (χ1v) is 7.79. The molecule has 0 saturated carbocycles. The highest BCUT2D eigenvalue weighted by Gasteiger charge is 2.27. The van der Waals surface area contributed by atoms with Crippen LogP contribution in [0.15, 0.2) is 42.5 Å². The van der Waals surface area contributed by atoms with Gasteiger partial charge >= 0.3 is 0 Å². The number of ether oxygens (including phenoxy) is 1. The molecule has 4 heteroatoms. The summed E-state index contributed by atoms with van der Waals surface area (Å²) < 4.78 is 5.18. The van der Waals surface area contributed by atoms with E-state index in [-0.39, 0.29) is 11.9 Å². The molecule has 4 nitrogen and oxygen atoms in total. The number of nitrogens with one attached hydrogen (secondary N) is 1. The van der Waals surface area contributed by atoms with Gasteiger partial charge in [-0.1, -0.05) is 36.4 Å². The van der Waals surface area contributed by atoms with Crippen LogP contribution in [0, 0.1) is 0 Å². The minimum Gasteiger partial charge on any atom is -0.385 e. The highest BCUT2D eigenvalue weighted by atomic mass is 16.5. The van der Waals surface area contributed by atoms with Gasteiger partial charge in [-0.05, 0) is 23.3 Å². The van der Waals surface area contributed by atoms with E-state index in [9.17, 15) is 4.79 Å². The lowest BCUT2D eigenvalue weighted by Gasteiger charge is -2.36. The van der Waals surface area contributed by atoms with Crippen LogP contribution in [0.25, 0.3) is 10.8 Å². The quantitative estimate of drug-likeness (QED) is 0.941. The summed E-state index contributed by atoms with van der Waals surface area (Å²) in [4.78, 5) is 15.0. The Labute approximate surface area is 131 Å². The Bertz CT molecular complexity index is 651. The number of hydrogen-bond donors (Lipinski definition) is 1. The molecule has 1 N–H and O–H groups in total. The van der Waals surface area contributed by atoms with E-state index in [1.807, 2.05) is 47.4 Å². The van der Waals surface area contributed by atoms with E-state index < -0.39 is 0 Å². The van der Waals surface area contributed by atoms with Crippen LogP contribution >= 0.6 is 0 Å². The standard InChI is InChI=1S/C18H22N2O2/c1-22-12-9-15-13-19-10-11-20(15)18(21)17-8-4-6-14-5-2-3-7-16(14)17/h2-8,15,19H,9-13H2,1H3. The zero-order valence-electron chi connectivity index (χ0n) is 12.9. The van der Waals surface area contributed by atoms with E-state index in [2.05, 4.69) is 5.32 Å².